The zero-order valence-corrected chi connectivity index (χ0v) is 16.5. The second-order valence-electron chi connectivity index (χ2n) is 6.90. The minimum atomic E-state index is -0.184. The van der Waals surface area contributed by atoms with Crippen molar-refractivity contribution in [2.75, 3.05) is 0 Å². The normalized spacial score (nSPS) is 12.2. The lowest BCUT2D eigenvalue weighted by molar-refractivity contribution is 0.0922. The maximum Gasteiger partial charge on any atom is 0.270 e. The molecule has 1 amide bonds. The standard InChI is InChI=1S/C22H20N4OS/c1-14(2)21(20-6-4-10-28-20)26-22(27)19-11-16(15-5-3-8-23-12-15)17-13-24-9-7-18(17)25-19/h3-14,21H,1-2H3,(H,26,27)/t21-/m0/s1. The molecule has 4 aromatic heterocycles. The largest absolute Gasteiger partial charge is 0.343 e. The van der Waals surface area contributed by atoms with Crippen LogP contribution in [0, 0.1) is 5.92 Å². The Kier molecular flexibility index (Phi) is 5.12. The first-order chi connectivity index (χ1) is 13.6. The first kappa shape index (κ1) is 18.3. The fraction of sp³-hybridized carbons (Fsp3) is 0.182. The molecule has 4 heterocycles. The molecular weight excluding hydrogens is 368 g/mol. The molecule has 0 aliphatic rings. The summed E-state index contributed by atoms with van der Waals surface area (Å²) < 4.78 is 0. The second kappa shape index (κ2) is 7.86. The highest BCUT2D eigenvalue weighted by atomic mass is 32.1. The summed E-state index contributed by atoms with van der Waals surface area (Å²) in [6, 6.07) is 11.5. The minimum Gasteiger partial charge on any atom is -0.343 e. The molecule has 0 aliphatic carbocycles. The van der Waals surface area contributed by atoms with Gasteiger partial charge in [0.25, 0.3) is 5.91 Å². The van der Waals surface area contributed by atoms with Crippen molar-refractivity contribution in [3.63, 3.8) is 0 Å². The summed E-state index contributed by atoms with van der Waals surface area (Å²) in [5.41, 5.74) is 2.95. The zero-order valence-electron chi connectivity index (χ0n) is 15.7. The molecule has 6 heteroatoms. The molecule has 0 saturated carbocycles. The molecule has 0 spiro atoms. The molecule has 4 aromatic rings. The zero-order chi connectivity index (χ0) is 19.5. The molecule has 28 heavy (non-hydrogen) atoms. The second-order valence-corrected chi connectivity index (χ2v) is 7.88. The van der Waals surface area contributed by atoms with Gasteiger partial charge in [-0.05, 0) is 41.1 Å². The van der Waals surface area contributed by atoms with Crippen molar-refractivity contribution in [1.82, 2.24) is 20.3 Å². The van der Waals surface area contributed by atoms with Crippen LogP contribution in [-0.4, -0.2) is 20.9 Å². The maximum absolute atomic E-state index is 13.1. The van der Waals surface area contributed by atoms with Crippen LogP contribution < -0.4 is 5.32 Å². The highest BCUT2D eigenvalue weighted by Crippen LogP contribution is 2.29. The molecule has 140 valence electrons. The summed E-state index contributed by atoms with van der Waals surface area (Å²) in [4.78, 5) is 27.2. The van der Waals surface area contributed by atoms with E-state index in [0.29, 0.717) is 5.69 Å². The number of nitrogens with zero attached hydrogens (tertiary/aromatic N) is 3. The summed E-state index contributed by atoms with van der Waals surface area (Å²) in [6.07, 6.45) is 6.97. The van der Waals surface area contributed by atoms with Gasteiger partial charge in [-0.1, -0.05) is 26.0 Å². The molecule has 5 nitrogen and oxygen atoms in total. The molecular formula is C22H20N4OS. The Morgan fingerprint density at radius 2 is 1.93 bits per heavy atom. The van der Waals surface area contributed by atoms with Crippen LogP contribution in [0.4, 0.5) is 0 Å². The third-order valence-electron chi connectivity index (χ3n) is 4.62. The van der Waals surface area contributed by atoms with Gasteiger partial charge in [0.05, 0.1) is 11.6 Å². The smallest absolute Gasteiger partial charge is 0.270 e. The number of fused-ring (bicyclic) bond motifs is 1. The van der Waals surface area contributed by atoms with Gasteiger partial charge >= 0.3 is 0 Å². The summed E-state index contributed by atoms with van der Waals surface area (Å²) in [6.45, 7) is 4.20. The number of carbonyl (C=O) groups is 1. The Morgan fingerprint density at radius 3 is 2.64 bits per heavy atom. The van der Waals surface area contributed by atoms with Gasteiger partial charge in [0.15, 0.2) is 0 Å². The lowest BCUT2D eigenvalue weighted by atomic mass is 10.0. The van der Waals surface area contributed by atoms with Gasteiger partial charge < -0.3 is 5.32 Å². The Balaban J connectivity index is 1.75. The van der Waals surface area contributed by atoms with Gasteiger partial charge in [-0.3, -0.25) is 14.8 Å². The van der Waals surface area contributed by atoms with Crippen molar-refractivity contribution >= 4 is 28.1 Å². The van der Waals surface area contributed by atoms with Gasteiger partial charge in [0, 0.05) is 40.6 Å². The number of pyridine rings is 3. The third-order valence-corrected chi connectivity index (χ3v) is 5.57. The first-order valence-corrected chi connectivity index (χ1v) is 10.0. The van der Waals surface area contributed by atoms with Crippen LogP contribution in [0.25, 0.3) is 22.0 Å². The maximum atomic E-state index is 13.1. The van der Waals surface area contributed by atoms with E-state index in [4.69, 9.17) is 0 Å². The number of rotatable bonds is 5. The van der Waals surface area contributed by atoms with E-state index in [9.17, 15) is 4.79 Å². The Labute approximate surface area is 167 Å². The number of hydrogen-bond donors (Lipinski definition) is 1. The lowest BCUT2D eigenvalue weighted by Gasteiger charge is -2.21. The topological polar surface area (TPSA) is 67.8 Å². The van der Waals surface area contributed by atoms with Gasteiger partial charge in [-0.2, -0.15) is 0 Å². The molecule has 0 bridgehead atoms. The van der Waals surface area contributed by atoms with Crippen LogP contribution in [-0.2, 0) is 0 Å². The van der Waals surface area contributed by atoms with Crippen molar-refractivity contribution in [3.05, 3.63) is 77.1 Å². The highest BCUT2D eigenvalue weighted by molar-refractivity contribution is 7.10. The fourth-order valence-corrected chi connectivity index (χ4v) is 4.14. The van der Waals surface area contributed by atoms with E-state index in [1.165, 1.54) is 0 Å². The van der Waals surface area contributed by atoms with E-state index >= 15 is 0 Å². The van der Waals surface area contributed by atoms with Crippen LogP contribution in [0.5, 0.6) is 0 Å². The van der Waals surface area contributed by atoms with E-state index in [2.05, 4.69) is 40.2 Å². The van der Waals surface area contributed by atoms with E-state index in [1.807, 2.05) is 35.7 Å². The molecule has 1 N–H and O–H groups in total. The van der Waals surface area contributed by atoms with Crippen molar-refractivity contribution in [2.24, 2.45) is 5.92 Å². The molecule has 1 atom stereocenters. The number of carbonyl (C=O) groups excluding carboxylic acids is 1. The average molecular weight is 388 g/mol. The number of thiophene rings is 1. The molecule has 0 aliphatic heterocycles. The number of aromatic nitrogens is 3. The molecule has 0 aromatic carbocycles. The van der Waals surface area contributed by atoms with E-state index in [-0.39, 0.29) is 17.9 Å². The van der Waals surface area contributed by atoms with Crippen LogP contribution in [0.1, 0.15) is 35.3 Å². The van der Waals surface area contributed by atoms with Crippen LogP contribution in [0.15, 0.2) is 66.6 Å². The Hall–Kier alpha value is -3.12. The Bertz CT molecular complexity index is 1090. The predicted octanol–water partition coefficient (Wildman–Crippen LogP) is 4.88. The van der Waals surface area contributed by atoms with Crippen LogP contribution >= 0.6 is 11.3 Å². The molecule has 0 saturated heterocycles. The summed E-state index contributed by atoms with van der Waals surface area (Å²) in [5.74, 6) is 0.0843. The fourth-order valence-electron chi connectivity index (χ4n) is 3.20. The van der Waals surface area contributed by atoms with Gasteiger partial charge in [0.2, 0.25) is 0 Å². The highest BCUT2D eigenvalue weighted by Gasteiger charge is 2.21. The van der Waals surface area contributed by atoms with Gasteiger partial charge in [0.1, 0.15) is 5.69 Å². The van der Waals surface area contributed by atoms with Gasteiger partial charge in [-0.25, -0.2) is 4.98 Å². The first-order valence-electron chi connectivity index (χ1n) is 9.13. The van der Waals surface area contributed by atoms with Crippen molar-refractivity contribution in [2.45, 2.75) is 19.9 Å². The summed E-state index contributed by atoms with van der Waals surface area (Å²) >= 11 is 1.65. The number of hydrogen-bond acceptors (Lipinski definition) is 5. The van der Waals surface area contributed by atoms with Crippen LogP contribution in [0.3, 0.4) is 0 Å². The summed E-state index contributed by atoms with van der Waals surface area (Å²) in [7, 11) is 0. The predicted molar refractivity (Wildman–Crippen MR) is 112 cm³/mol. The van der Waals surface area contributed by atoms with Gasteiger partial charge in [-0.15, -0.1) is 11.3 Å². The SMILES string of the molecule is CC(C)[C@H](NC(=O)c1cc(-c2cccnc2)c2cnccc2n1)c1cccs1. The van der Waals surface area contributed by atoms with Crippen LogP contribution in [0.2, 0.25) is 0 Å². The molecule has 0 radical (unpaired) electrons. The molecule has 0 unspecified atom stereocenters. The van der Waals surface area contributed by atoms with Crippen molar-refractivity contribution in [3.8, 4) is 11.1 Å². The molecule has 0 fully saturated rings. The average Bonchev–Trinajstić information content (AvgIpc) is 3.25. The number of amides is 1. The lowest BCUT2D eigenvalue weighted by Crippen LogP contribution is -2.31. The van der Waals surface area contributed by atoms with Crippen molar-refractivity contribution in [1.29, 1.82) is 0 Å². The van der Waals surface area contributed by atoms with E-state index < -0.39 is 0 Å². The third kappa shape index (κ3) is 3.64. The van der Waals surface area contributed by atoms with E-state index in [0.717, 1.165) is 26.9 Å². The molecule has 4 rings (SSSR count). The Morgan fingerprint density at radius 1 is 1.07 bits per heavy atom. The minimum absolute atomic E-state index is 0.0516. The van der Waals surface area contributed by atoms with Crippen molar-refractivity contribution < 1.29 is 4.79 Å². The van der Waals surface area contributed by atoms with E-state index in [1.54, 1.807) is 36.1 Å². The summed E-state index contributed by atoms with van der Waals surface area (Å²) in [5, 5.41) is 6.08. The number of nitrogens with one attached hydrogen (secondary N) is 1. The quantitative estimate of drug-likeness (QED) is 0.529. The monoisotopic (exact) mass is 388 g/mol.